The molecule has 0 aliphatic rings. The van der Waals surface area contributed by atoms with Gasteiger partial charge in [0.05, 0.1) is 11.9 Å². The highest BCUT2D eigenvalue weighted by atomic mass is 35.5. The molecule has 1 amide bonds. The zero-order chi connectivity index (χ0) is 20.9. The van der Waals surface area contributed by atoms with Crippen LogP contribution in [0.1, 0.15) is 18.9 Å². The number of hydrogen-bond acceptors (Lipinski definition) is 4. The van der Waals surface area contributed by atoms with Crippen LogP contribution in [0.2, 0.25) is 10.0 Å². The zero-order valence-corrected chi connectivity index (χ0v) is 18.1. The lowest BCUT2D eigenvalue weighted by Crippen LogP contribution is -2.37. The Balaban J connectivity index is 2.00. The van der Waals surface area contributed by atoms with E-state index in [1.807, 2.05) is 6.92 Å². The molecule has 0 fully saturated rings. The van der Waals surface area contributed by atoms with Crippen molar-refractivity contribution >= 4 is 44.8 Å². The van der Waals surface area contributed by atoms with Crippen molar-refractivity contribution in [3.8, 4) is 5.75 Å². The summed E-state index contributed by atoms with van der Waals surface area (Å²) in [5.74, 6) is 0.197. The molecule has 0 saturated heterocycles. The van der Waals surface area contributed by atoms with E-state index in [0.29, 0.717) is 27.9 Å². The topological polar surface area (TPSA) is 75.7 Å². The molecule has 2 rings (SSSR count). The average molecular weight is 445 g/mol. The number of hydrogen-bond donors (Lipinski definition) is 1. The molecule has 0 unspecified atom stereocenters. The van der Waals surface area contributed by atoms with Crippen LogP contribution in [-0.2, 0) is 21.4 Å². The van der Waals surface area contributed by atoms with Gasteiger partial charge in [-0.2, -0.15) is 0 Å². The van der Waals surface area contributed by atoms with Crippen molar-refractivity contribution in [3.05, 3.63) is 58.1 Å². The number of halogens is 2. The predicted octanol–water partition coefficient (Wildman–Crippen LogP) is 3.86. The first-order chi connectivity index (χ1) is 13.1. The number of carbonyl (C=O) groups excluding carboxylic acids is 1. The second-order valence-corrected chi connectivity index (χ2v) is 9.05. The summed E-state index contributed by atoms with van der Waals surface area (Å²) in [5, 5.41) is 3.81. The van der Waals surface area contributed by atoms with Crippen LogP contribution in [0.25, 0.3) is 0 Å². The third-order valence-electron chi connectivity index (χ3n) is 4.11. The zero-order valence-electron chi connectivity index (χ0n) is 15.8. The molecule has 0 spiro atoms. The fourth-order valence-electron chi connectivity index (χ4n) is 2.37. The van der Waals surface area contributed by atoms with E-state index in [9.17, 15) is 13.2 Å². The van der Waals surface area contributed by atoms with Gasteiger partial charge >= 0.3 is 0 Å². The first kappa shape index (κ1) is 22.3. The Bertz CT molecular complexity index is 933. The maximum absolute atomic E-state index is 12.4. The molecule has 152 valence electrons. The van der Waals surface area contributed by atoms with Crippen molar-refractivity contribution in [1.82, 2.24) is 5.32 Å². The van der Waals surface area contributed by atoms with E-state index in [0.717, 1.165) is 16.1 Å². The van der Waals surface area contributed by atoms with Crippen LogP contribution in [0.5, 0.6) is 5.75 Å². The minimum absolute atomic E-state index is 0.257. The number of rotatable bonds is 8. The van der Waals surface area contributed by atoms with Crippen LogP contribution in [0.3, 0.4) is 0 Å². The van der Waals surface area contributed by atoms with Gasteiger partial charge in [-0.15, -0.1) is 0 Å². The van der Waals surface area contributed by atoms with E-state index in [4.69, 9.17) is 27.9 Å². The maximum atomic E-state index is 12.4. The van der Waals surface area contributed by atoms with Gasteiger partial charge in [-0.25, -0.2) is 8.42 Å². The standard InChI is InChI=1S/C19H22Cl2N2O4S/c1-4-18(19(24)22-12-13-5-6-14(20)11-17(13)21)27-16-9-7-15(8-10-16)23(2)28(3,25)26/h5-11,18H,4,12H2,1-3H3,(H,22,24)/t18-/m1/s1. The number of sulfonamides is 1. The van der Waals surface area contributed by atoms with Gasteiger partial charge in [-0.05, 0) is 48.4 Å². The molecule has 0 aromatic heterocycles. The smallest absolute Gasteiger partial charge is 0.261 e. The number of nitrogens with one attached hydrogen (secondary N) is 1. The molecule has 28 heavy (non-hydrogen) atoms. The Morgan fingerprint density at radius 2 is 1.82 bits per heavy atom. The van der Waals surface area contributed by atoms with Crippen molar-refractivity contribution in [1.29, 1.82) is 0 Å². The highest BCUT2D eigenvalue weighted by molar-refractivity contribution is 7.92. The van der Waals surface area contributed by atoms with Gasteiger partial charge in [0.2, 0.25) is 10.0 Å². The third kappa shape index (κ3) is 6.02. The van der Waals surface area contributed by atoms with Gasteiger partial charge in [0.1, 0.15) is 5.75 Å². The van der Waals surface area contributed by atoms with Gasteiger partial charge < -0.3 is 10.1 Å². The lowest BCUT2D eigenvalue weighted by atomic mass is 10.2. The molecule has 2 aromatic rings. The Kier molecular flexibility index (Phi) is 7.57. The van der Waals surface area contributed by atoms with Gasteiger partial charge in [0.25, 0.3) is 5.91 Å². The summed E-state index contributed by atoms with van der Waals surface area (Å²) in [6.45, 7) is 2.10. The van der Waals surface area contributed by atoms with Gasteiger partial charge in [0.15, 0.2) is 6.10 Å². The van der Waals surface area contributed by atoms with Crippen molar-refractivity contribution in [2.45, 2.75) is 26.0 Å². The van der Waals surface area contributed by atoms with Crippen LogP contribution in [0.4, 0.5) is 5.69 Å². The van der Waals surface area contributed by atoms with E-state index in [1.54, 1.807) is 42.5 Å². The van der Waals surface area contributed by atoms with Crippen LogP contribution < -0.4 is 14.4 Å². The Labute approximate surface area is 175 Å². The molecule has 9 heteroatoms. The molecule has 0 aliphatic carbocycles. The van der Waals surface area contributed by atoms with E-state index < -0.39 is 16.1 Å². The summed E-state index contributed by atoms with van der Waals surface area (Å²) in [5.41, 5.74) is 1.26. The van der Waals surface area contributed by atoms with Gasteiger partial charge in [-0.1, -0.05) is 36.2 Å². The largest absolute Gasteiger partial charge is 0.481 e. The number of anilines is 1. The number of amides is 1. The average Bonchev–Trinajstić information content (AvgIpc) is 2.64. The lowest BCUT2D eigenvalue weighted by molar-refractivity contribution is -0.128. The number of ether oxygens (including phenoxy) is 1. The minimum Gasteiger partial charge on any atom is -0.481 e. The molecule has 0 aliphatic heterocycles. The van der Waals surface area contributed by atoms with E-state index in [2.05, 4.69) is 5.32 Å². The summed E-state index contributed by atoms with van der Waals surface area (Å²) >= 11 is 12.0. The minimum atomic E-state index is -3.34. The van der Waals surface area contributed by atoms with Gasteiger partial charge in [-0.3, -0.25) is 9.10 Å². The molecule has 2 aromatic carbocycles. The van der Waals surface area contributed by atoms with Crippen LogP contribution >= 0.6 is 23.2 Å². The summed E-state index contributed by atoms with van der Waals surface area (Å²) in [6.07, 6.45) is 0.900. The first-order valence-corrected chi connectivity index (χ1v) is 11.1. The molecule has 6 nitrogen and oxygen atoms in total. The van der Waals surface area contributed by atoms with E-state index in [-0.39, 0.29) is 12.5 Å². The number of nitrogens with zero attached hydrogens (tertiary/aromatic N) is 1. The van der Waals surface area contributed by atoms with Crippen LogP contribution in [-0.4, -0.2) is 33.7 Å². The first-order valence-electron chi connectivity index (χ1n) is 8.54. The summed E-state index contributed by atoms with van der Waals surface area (Å²) in [4.78, 5) is 12.4. The van der Waals surface area contributed by atoms with Gasteiger partial charge in [0, 0.05) is 23.6 Å². The molecular weight excluding hydrogens is 423 g/mol. The Morgan fingerprint density at radius 3 is 2.36 bits per heavy atom. The predicted molar refractivity (Wildman–Crippen MR) is 113 cm³/mol. The molecule has 1 atom stereocenters. The second-order valence-electron chi connectivity index (χ2n) is 6.19. The second kappa shape index (κ2) is 9.49. The Morgan fingerprint density at radius 1 is 1.18 bits per heavy atom. The normalized spacial score (nSPS) is 12.3. The summed E-state index contributed by atoms with van der Waals surface area (Å²) < 4.78 is 30.1. The maximum Gasteiger partial charge on any atom is 0.261 e. The fraction of sp³-hybridized carbons (Fsp3) is 0.316. The molecule has 0 bridgehead atoms. The highest BCUT2D eigenvalue weighted by Crippen LogP contribution is 2.22. The molecule has 1 N–H and O–H groups in total. The summed E-state index contributed by atoms with van der Waals surface area (Å²) in [6, 6.07) is 11.6. The SMILES string of the molecule is CC[C@@H](Oc1ccc(N(C)S(C)(=O)=O)cc1)C(=O)NCc1ccc(Cl)cc1Cl. The van der Waals surface area contributed by atoms with E-state index in [1.165, 1.54) is 7.05 Å². The molecule has 0 radical (unpaired) electrons. The quantitative estimate of drug-likeness (QED) is 0.670. The molecule has 0 heterocycles. The molecular formula is C19H22Cl2N2O4S. The van der Waals surface area contributed by atoms with Crippen LogP contribution in [0, 0.1) is 0 Å². The third-order valence-corrected chi connectivity index (χ3v) is 5.90. The Hall–Kier alpha value is -1.96. The van der Waals surface area contributed by atoms with Crippen molar-refractivity contribution in [2.24, 2.45) is 0 Å². The van der Waals surface area contributed by atoms with Crippen molar-refractivity contribution in [2.75, 3.05) is 17.6 Å². The van der Waals surface area contributed by atoms with Crippen LogP contribution in [0.15, 0.2) is 42.5 Å². The summed E-state index contributed by atoms with van der Waals surface area (Å²) in [7, 11) is -1.87. The van der Waals surface area contributed by atoms with Crippen molar-refractivity contribution in [3.63, 3.8) is 0 Å². The molecule has 0 saturated carbocycles. The number of benzene rings is 2. The fourth-order valence-corrected chi connectivity index (χ4v) is 3.35. The monoisotopic (exact) mass is 444 g/mol. The highest BCUT2D eigenvalue weighted by Gasteiger charge is 2.19. The lowest BCUT2D eigenvalue weighted by Gasteiger charge is -2.19. The van der Waals surface area contributed by atoms with E-state index >= 15 is 0 Å². The van der Waals surface area contributed by atoms with Crippen molar-refractivity contribution < 1.29 is 17.9 Å². The number of carbonyl (C=O) groups is 1.